The van der Waals surface area contributed by atoms with Crippen molar-refractivity contribution in [2.45, 2.75) is 46.0 Å². The highest BCUT2D eigenvalue weighted by atomic mass is 16.4. The Morgan fingerprint density at radius 2 is 1.21 bits per heavy atom. The van der Waals surface area contributed by atoms with E-state index in [2.05, 4.69) is 9.97 Å². The summed E-state index contributed by atoms with van der Waals surface area (Å²) in [5.74, 6) is -0.121. The van der Waals surface area contributed by atoms with Crippen LogP contribution < -0.4 is 11.3 Å². The fraction of sp³-hybridized carbons (Fsp3) is 0.304. The predicted molar refractivity (Wildman–Crippen MR) is 111 cm³/mol. The molecule has 29 heavy (non-hydrogen) atoms. The lowest BCUT2D eigenvalue weighted by molar-refractivity contribution is 0.359. The molecule has 0 fully saturated rings. The third-order valence-electron chi connectivity index (χ3n) is 5.24. The second-order valence-corrected chi connectivity index (χ2v) is 7.05. The zero-order chi connectivity index (χ0) is 20.5. The van der Waals surface area contributed by atoms with Crippen molar-refractivity contribution in [1.82, 2.24) is 9.97 Å². The summed E-state index contributed by atoms with van der Waals surface area (Å²) >= 11 is 0. The molecule has 6 nitrogen and oxygen atoms in total. The molecule has 0 aliphatic carbocycles. The Bertz CT molecular complexity index is 1220. The van der Waals surface area contributed by atoms with Crippen LogP contribution in [-0.2, 0) is 12.8 Å². The number of hydrogen-bond acceptors (Lipinski definition) is 6. The van der Waals surface area contributed by atoms with Gasteiger partial charge in [0.25, 0.3) is 0 Å². The molecule has 0 bridgehead atoms. The number of hydrogen-bond donors (Lipinski definition) is 0. The molecule has 2 aromatic heterocycles. The zero-order valence-corrected chi connectivity index (χ0v) is 16.7. The van der Waals surface area contributed by atoms with E-state index < -0.39 is 17.2 Å². The predicted octanol–water partition coefficient (Wildman–Crippen LogP) is 4.36. The van der Waals surface area contributed by atoms with Crippen molar-refractivity contribution in [1.29, 1.82) is 0 Å². The Hall–Kier alpha value is -3.28. The van der Waals surface area contributed by atoms with E-state index in [9.17, 15) is 9.59 Å². The van der Waals surface area contributed by atoms with E-state index in [0.717, 1.165) is 24.0 Å². The van der Waals surface area contributed by atoms with E-state index in [1.807, 2.05) is 45.0 Å². The second kappa shape index (κ2) is 7.62. The third-order valence-corrected chi connectivity index (χ3v) is 5.24. The van der Waals surface area contributed by atoms with Gasteiger partial charge in [0.05, 0.1) is 21.8 Å². The average Bonchev–Trinajstić information content (AvgIpc) is 2.74. The number of aromatic nitrogens is 2. The molecule has 4 rings (SSSR count). The van der Waals surface area contributed by atoms with Gasteiger partial charge in [0.15, 0.2) is 0 Å². The maximum Gasteiger partial charge on any atom is 0.346 e. The normalized spacial score (nSPS) is 11.6. The van der Waals surface area contributed by atoms with Crippen LogP contribution in [0.5, 0.6) is 0 Å². The molecule has 0 radical (unpaired) electrons. The minimum atomic E-state index is -0.527. The number of benzene rings is 2. The SMILES string of the molecule is CCc1ccc2nc(C(CC)c3nc4ccc(CC)cc4c(=O)o3)oc(=O)c2c1. The van der Waals surface area contributed by atoms with Crippen LogP contribution in [0.1, 0.15) is 56.0 Å². The Morgan fingerprint density at radius 3 is 1.59 bits per heavy atom. The van der Waals surface area contributed by atoms with Crippen LogP contribution in [-0.4, -0.2) is 9.97 Å². The van der Waals surface area contributed by atoms with Gasteiger partial charge in [-0.2, -0.15) is 0 Å². The van der Waals surface area contributed by atoms with Gasteiger partial charge in [0.1, 0.15) is 5.92 Å². The van der Waals surface area contributed by atoms with Gasteiger partial charge in [-0.3, -0.25) is 0 Å². The minimum Gasteiger partial charge on any atom is -0.407 e. The Balaban J connectivity index is 1.85. The van der Waals surface area contributed by atoms with Gasteiger partial charge in [-0.15, -0.1) is 0 Å². The van der Waals surface area contributed by atoms with Crippen molar-refractivity contribution in [2.24, 2.45) is 0 Å². The number of fused-ring (bicyclic) bond motifs is 2. The zero-order valence-electron chi connectivity index (χ0n) is 16.7. The first kappa shape index (κ1) is 19.1. The van der Waals surface area contributed by atoms with E-state index in [-0.39, 0.29) is 11.8 Å². The first-order chi connectivity index (χ1) is 14.0. The fourth-order valence-electron chi connectivity index (χ4n) is 3.46. The smallest absolute Gasteiger partial charge is 0.346 e. The van der Waals surface area contributed by atoms with Gasteiger partial charge in [-0.05, 0) is 54.7 Å². The largest absolute Gasteiger partial charge is 0.407 e. The molecule has 0 unspecified atom stereocenters. The molecule has 0 aliphatic rings. The monoisotopic (exact) mass is 390 g/mol. The Kier molecular flexibility index (Phi) is 5.01. The molecule has 0 aliphatic heterocycles. The molecule has 2 heterocycles. The molecular weight excluding hydrogens is 368 g/mol. The van der Waals surface area contributed by atoms with Crippen molar-refractivity contribution in [3.05, 3.63) is 80.1 Å². The quantitative estimate of drug-likeness (QED) is 0.503. The minimum absolute atomic E-state index is 0.203. The molecule has 0 N–H and O–H groups in total. The van der Waals surface area contributed by atoms with E-state index >= 15 is 0 Å². The highest BCUT2D eigenvalue weighted by Crippen LogP contribution is 2.26. The number of nitrogens with zero attached hydrogens (tertiary/aromatic N) is 2. The summed E-state index contributed by atoms with van der Waals surface area (Å²) in [6, 6.07) is 11.1. The van der Waals surface area contributed by atoms with Crippen molar-refractivity contribution in [3.63, 3.8) is 0 Å². The fourth-order valence-corrected chi connectivity index (χ4v) is 3.46. The van der Waals surface area contributed by atoms with Gasteiger partial charge in [0, 0.05) is 0 Å². The van der Waals surface area contributed by atoms with Gasteiger partial charge < -0.3 is 8.83 Å². The molecular formula is C23H22N2O4. The van der Waals surface area contributed by atoms with Crippen molar-refractivity contribution >= 4 is 21.8 Å². The van der Waals surface area contributed by atoms with Crippen LogP contribution in [0.2, 0.25) is 0 Å². The van der Waals surface area contributed by atoms with Crippen LogP contribution in [0.3, 0.4) is 0 Å². The lowest BCUT2D eigenvalue weighted by Gasteiger charge is -2.12. The molecule has 0 spiro atoms. The lowest BCUT2D eigenvalue weighted by Crippen LogP contribution is -2.14. The first-order valence-electron chi connectivity index (χ1n) is 9.91. The Labute approximate surface area is 167 Å². The van der Waals surface area contributed by atoms with E-state index in [1.165, 1.54) is 0 Å². The second-order valence-electron chi connectivity index (χ2n) is 7.05. The van der Waals surface area contributed by atoms with Crippen LogP contribution in [0.4, 0.5) is 0 Å². The number of rotatable bonds is 5. The maximum atomic E-state index is 12.5. The summed E-state index contributed by atoms with van der Waals surface area (Å²) in [4.78, 5) is 34.2. The summed E-state index contributed by atoms with van der Waals surface area (Å²) in [5, 5.41) is 0.894. The summed E-state index contributed by atoms with van der Waals surface area (Å²) in [6.07, 6.45) is 2.16. The first-order valence-corrected chi connectivity index (χ1v) is 9.91. The molecule has 0 amide bonds. The summed E-state index contributed by atoms with van der Waals surface area (Å²) in [5.41, 5.74) is 2.30. The van der Waals surface area contributed by atoms with Crippen LogP contribution in [0.25, 0.3) is 21.8 Å². The lowest BCUT2D eigenvalue weighted by atomic mass is 10.1. The molecule has 0 saturated heterocycles. The van der Waals surface area contributed by atoms with Crippen molar-refractivity contribution in [2.75, 3.05) is 0 Å². The van der Waals surface area contributed by atoms with Gasteiger partial charge in [-0.25, -0.2) is 19.6 Å². The van der Waals surface area contributed by atoms with E-state index in [1.54, 1.807) is 12.1 Å². The molecule has 0 saturated carbocycles. The summed E-state index contributed by atoms with van der Waals surface area (Å²) in [7, 11) is 0. The van der Waals surface area contributed by atoms with Crippen LogP contribution >= 0.6 is 0 Å². The van der Waals surface area contributed by atoms with Crippen molar-refractivity contribution < 1.29 is 8.83 Å². The van der Waals surface area contributed by atoms with E-state index in [0.29, 0.717) is 28.2 Å². The van der Waals surface area contributed by atoms with Gasteiger partial charge in [0.2, 0.25) is 11.8 Å². The molecule has 0 atom stereocenters. The van der Waals surface area contributed by atoms with Crippen LogP contribution in [0.15, 0.2) is 54.8 Å². The average molecular weight is 390 g/mol. The molecule has 148 valence electrons. The maximum absolute atomic E-state index is 12.5. The molecule has 6 heteroatoms. The number of aryl methyl sites for hydroxylation is 2. The van der Waals surface area contributed by atoms with Crippen molar-refractivity contribution in [3.8, 4) is 0 Å². The third kappa shape index (κ3) is 3.46. The van der Waals surface area contributed by atoms with Gasteiger partial charge in [-0.1, -0.05) is 32.9 Å². The highest BCUT2D eigenvalue weighted by Gasteiger charge is 2.24. The summed E-state index contributed by atoms with van der Waals surface area (Å²) < 4.78 is 11.0. The van der Waals surface area contributed by atoms with Gasteiger partial charge >= 0.3 is 11.3 Å². The van der Waals surface area contributed by atoms with Crippen LogP contribution in [0, 0.1) is 0 Å². The summed E-state index contributed by atoms with van der Waals surface area (Å²) in [6.45, 7) is 5.95. The topological polar surface area (TPSA) is 86.2 Å². The van der Waals surface area contributed by atoms with E-state index in [4.69, 9.17) is 8.83 Å². The standard InChI is InChI=1S/C23H22N2O4/c1-4-13-7-9-18-16(11-13)22(26)28-20(24-18)15(6-3)21-25-19-10-8-14(5-2)12-17(19)23(27)29-21/h7-12,15H,4-6H2,1-3H3. The molecule has 2 aromatic carbocycles. The highest BCUT2D eigenvalue weighted by molar-refractivity contribution is 5.78. The Morgan fingerprint density at radius 1 is 0.759 bits per heavy atom. The molecule has 4 aromatic rings.